The van der Waals surface area contributed by atoms with Crippen molar-refractivity contribution in [3.8, 4) is 0 Å². The van der Waals surface area contributed by atoms with E-state index in [0.717, 1.165) is 22.0 Å². The van der Waals surface area contributed by atoms with E-state index in [9.17, 15) is 5.11 Å². The molecule has 0 aliphatic carbocycles. The summed E-state index contributed by atoms with van der Waals surface area (Å²) in [5.41, 5.74) is 1.38. The molecule has 0 bridgehead atoms. The number of halogens is 1. The summed E-state index contributed by atoms with van der Waals surface area (Å²) in [6.07, 6.45) is 1.72. The molecule has 1 N–H and O–H groups in total. The zero-order valence-electron chi connectivity index (χ0n) is 11.0. The van der Waals surface area contributed by atoms with Crippen LogP contribution in [0.2, 0.25) is 5.02 Å². The van der Waals surface area contributed by atoms with Gasteiger partial charge in [-0.2, -0.15) is 0 Å². The van der Waals surface area contributed by atoms with Crippen LogP contribution in [0.5, 0.6) is 0 Å². The van der Waals surface area contributed by atoms with E-state index in [2.05, 4.69) is 4.98 Å². The number of pyridine rings is 1. The largest absolute Gasteiger partial charge is 0.381 e. The van der Waals surface area contributed by atoms with Crippen LogP contribution in [0.25, 0.3) is 10.9 Å². The molecule has 1 heterocycles. The SMILES string of the molecule is CC(O)(c1ccc(Cl)cc1)c1cnc2ccccc2c1. The van der Waals surface area contributed by atoms with Crippen LogP contribution in [-0.2, 0) is 5.60 Å². The molecule has 1 aromatic heterocycles. The molecule has 0 radical (unpaired) electrons. The summed E-state index contributed by atoms with van der Waals surface area (Å²) in [6.45, 7) is 1.77. The second kappa shape index (κ2) is 4.89. The molecule has 0 saturated carbocycles. The van der Waals surface area contributed by atoms with Gasteiger partial charge in [0, 0.05) is 22.2 Å². The van der Waals surface area contributed by atoms with Crippen molar-refractivity contribution in [1.29, 1.82) is 0 Å². The molecule has 3 aromatic rings. The topological polar surface area (TPSA) is 33.1 Å². The average Bonchev–Trinajstić information content (AvgIpc) is 2.47. The molecule has 2 nitrogen and oxygen atoms in total. The van der Waals surface area contributed by atoms with Crippen LogP contribution < -0.4 is 0 Å². The lowest BCUT2D eigenvalue weighted by atomic mass is 9.89. The van der Waals surface area contributed by atoms with Gasteiger partial charge in [-0.15, -0.1) is 0 Å². The molecule has 0 amide bonds. The standard InChI is InChI=1S/C17H14ClNO/c1-17(20,13-6-8-15(18)9-7-13)14-10-12-4-2-3-5-16(12)19-11-14/h2-11,20H,1H3. The number of rotatable bonds is 2. The lowest BCUT2D eigenvalue weighted by Gasteiger charge is -2.24. The zero-order chi connectivity index (χ0) is 14.2. The Morgan fingerprint density at radius 3 is 2.45 bits per heavy atom. The molecule has 0 spiro atoms. The molecule has 0 aliphatic heterocycles. The number of fused-ring (bicyclic) bond motifs is 1. The van der Waals surface area contributed by atoms with Crippen LogP contribution >= 0.6 is 11.6 Å². The van der Waals surface area contributed by atoms with Crippen molar-refractivity contribution in [2.24, 2.45) is 0 Å². The second-order valence-electron chi connectivity index (χ2n) is 5.00. The third-order valence-electron chi connectivity index (χ3n) is 3.56. The molecule has 3 rings (SSSR count). The Kier molecular flexibility index (Phi) is 3.20. The van der Waals surface area contributed by atoms with Crippen molar-refractivity contribution in [2.75, 3.05) is 0 Å². The maximum atomic E-state index is 10.8. The molecule has 2 aromatic carbocycles. The highest BCUT2D eigenvalue weighted by atomic mass is 35.5. The molecule has 3 heteroatoms. The lowest BCUT2D eigenvalue weighted by Crippen LogP contribution is -2.22. The van der Waals surface area contributed by atoms with E-state index in [0.29, 0.717) is 5.02 Å². The average molecular weight is 284 g/mol. The Hall–Kier alpha value is -1.90. The minimum Gasteiger partial charge on any atom is -0.381 e. The van der Waals surface area contributed by atoms with Crippen LogP contribution in [0.3, 0.4) is 0 Å². The van der Waals surface area contributed by atoms with Gasteiger partial charge < -0.3 is 5.11 Å². The Morgan fingerprint density at radius 1 is 1.00 bits per heavy atom. The maximum Gasteiger partial charge on any atom is 0.113 e. The van der Waals surface area contributed by atoms with Gasteiger partial charge in [-0.3, -0.25) is 4.98 Å². The van der Waals surface area contributed by atoms with E-state index in [1.165, 1.54) is 0 Å². The third-order valence-corrected chi connectivity index (χ3v) is 3.81. The van der Waals surface area contributed by atoms with Gasteiger partial charge in [0.25, 0.3) is 0 Å². The van der Waals surface area contributed by atoms with Crippen LogP contribution in [-0.4, -0.2) is 10.1 Å². The molecular weight excluding hydrogens is 270 g/mol. The fourth-order valence-electron chi connectivity index (χ4n) is 2.28. The quantitative estimate of drug-likeness (QED) is 0.766. The molecular formula is C17H14ClNO. The minimum atomic E-state index is -1.10. The normalized spacial score (nSPS) is 14.2. The molecule has 1 unspecified atom stereocenters. The zero-order valence-corrected chi connectivity index (χ0v) is 11.8. The first-order valence-corrected chi connectivity index (χ1v) is 6.79. The summed E-state index contributed by atoms with van der Waals surface area (Å²) in [5, 5.41) is 12.5. The number of hydrogen-bond acceptors (Lipinski definition) is 2. The van der Waals surface area contributed by atoms with Gasteiger partial charge in [0.2, 0.25) is 0 Å². The fraction of sp³-hybridized carbons (Fsp3) is 0.118. The van der Waals surface area contributed by atoms with Gasteiger partial charge in [0.1, 0.15) is 5.60 Å². The maximum absolute atomic E-state index is 10.8. The number of nitrogens with zero attached hydrogens (tertiary/aromatic N) is 1. The van der Waals surface area contributed by atoms with Crippen molar-refractivity contribution >= 4 is 22.5 Å². The smallest absolute Gasteiger partial charge is 0.113 e. The molecule has 0 aliphatic rings. The first-order chi connectivity index (χ1) is 9.57. The number of aliphatic hydroxyl groups is 1. The molecule has 0 saturated heterocycles. The summed E-state index contributed by atoms with van der Waals surface area (Å²) in [7, 11) is 0. The Morgan fingerprint density at radius 2 is 1.70 bits per heavy atom. The third kappa shape index (κ3) is 2.28. The Balaban J connectivity index is 2.10. The highest BCUT2D eigenvalue weighted by Gasteiger charge is 2.26. The highest BCUT2D eigenvalue weighted by Crippen LogP contribution is 2.30. The lowest BCUT2D eigenvalue weighted by molar-refractivity contribution is 0.102. The van der Waals surface area contributed by atoms with Gasteiger partial charge >= 0.3 is 0 Å². The predicted octanol–water partition coefficient (Wildman–Crippen LogP) is 4.14. The van der Waals surface area contributed by atoms with Crippen molar-refractivity contribution in [1.82, 2.24) is 4.98 Å². The molecule has 100 valence electrons. The van der Waals surface area contributed by atoms with Crippen molar-refractivity contribution in [3.63, 3.8) is 0 Å². The van der Waals surface area contributed by atoms with E-state index in [1.54, 1.807) is 25.3 Å². The summed E-state index contributed by atoms with van der Waals surface area (Å²) in [5.74, 6) is 0. The van der Waals surface area contributed by atoms with Crippen LogP contribution in [0.15, 0.2) is 60.8 Å². The van der Waals surface area contributed by atoms with E-state index >= 15 is 0 Å². The van der Waals surface area contributed by atoms with Gasteiger partial charge in [0.05, 0.1) is 5.52 Å². The fourth-order valence-corrected chi connectivity index (χ4v) is 2.40. The first kappa shape index (κ1) is 13.1. The Bertz CT molecular complexity index is 750. The van der Waals surface area contributed by atoms with E-state index in [1.807, 2.05) is 42.5 Å². The van der Waals surface area contributed by atoms with E-state index in [-0.39, 0.29) is 0 Å². The highest BCUT2D eigenvalue weighted by molar-refractivity contribution is 6.30. The number of hydrogen-bond donors (Lipinski definition) is 1. The van der Waals surface area contributed by atoms with E-state index in [4.69, 9.17) is 11.6 Å². The van der Waals surface area contributed by atoms with Gasteiger partial charge in [0.15, 0.2) is 0 Å². The molecule has 0 fully saturated rings. The van der Waals surface area contributed by atoms with Gasteiger partial charge in [-0.1, -0.05) is 41.9 Å². The first-order valence-electron chi connectivity index (χ1n) is 6.41. The number of benzene rings is 2. The number of aromatic nitrogens is 1. The van der Waals surface area contributed by atoms with Crippen LogP contribution in [0.1, 0.15) is 18.1 Å². The number of para-hydroxylation sites is 1. The second-order valence-corrected chi connectivity index (χ2v) is 5.43. The summed E-state index contributed by atoms with van der Waals surface area (Å²) in [6, 6.07) is 17.0. The van der Waals surface area contributed by atoms with Gasteiger partial charge in [-0.05, 0) is 36.8 Å². The van der Waals surface area contributed by atoms with Crippen molar-refractivity contribution in [3.05, 3.63) is 76.9 Å². The van der Waals surface area contributed by atoms with Crippen molar-refractivity contribution in [2.45, 2.75) is 12.5 Å². The summed E-state index contributed by atoms with van der Waals surface area (Å²) >= 11 is 5.89. The van der Waals surface area contributed by atoms with Crippen LogP contribution in [0, 0.1) is 0 Å². The minimum absolute atomic E-state index is 0.654. The summed E-state index contributed by atoms with van der Waals surface area (Å²) in [4.78, 5) is 4.40. The van der Waals surface area contributed by atoms with Gasteiger partial charge in [-0.25, -0.2) is 0 Å². The monoisotopic (exact) mass is 283 g/mol. The molecule has 20 heavy (non-hydrogen) atoms. The van der Waals surface area contributed by atoms with E-state index < -0.39 is 5.60 Å². The summed E-state index contributed by atoms with van der Waals surface area (Å²) < 4.78 is 0. The van der Waals surface area contributed by atoms with Crippen LogP contribution in [0.4, 0.5) is 0 Å². The molecule has 1 atom stereocenters. The predicted molar refractivity (Wildman–Crippen MR) is 81.9 cm³/mol. The van der Waals surface area contributed by atoms with Crippen molar-refractivity contribution < 1.29 is 5.11 Å². The Labute approximate surface area is 122 Å².